The fraction of sp³-hybridized carbons (Fsp3) is 1.00. The molecular weight excluding hydrogens is 312 g/mol. The lowest BCUT2D eigenvalue weighted by Crippen LogP contribution is -2.34. The van der Waals surface area contributed by atoms with Crippen molar-refractivity contribution in [2.75, 3.05) is 91.6 Å². The van der Waals surface area contributed by atoms with Crippen LogP contribution >= 0.6 is 0 Å². The van der Waals surface area contributed by atoms with Crippen LogP contribution in [0, 0.1) is 0 Å². The monoisotopic (exact) mass is 354 g/mol. The zero-order chi connectivity index (χ0) is 17.4. The molecule has 6 nitrogen and oxygen atoms in total. The molecule has 25 heavy (non-hydrogen) atoms. The van der Waals surface area contributed by atoms with Gasteiger partial charge in [0.15, 0.2) is 0 Å². The van der Waals surface area contributed by atoms with Crippen molar-refractivity contribution in [3.8, 4) is 0 Å². The lowest BCUT2D eigenvalue weighted by molar-refractivity contribution is 0.266. The molecule has 0 radical (unpaired) electrons. The van der Waals surface area contributed by atoms with Gasteiger partial charge in [0.2, 0.25) is 0 Å². The Labute approximate surface area is 155 Å². The summed E-state index contributed by atoms with van der Waals surface area (Å²) in [7, 11) is 0. The van der Waals surface area contributed by atoms with Gasteiger partial charge in [-0.25, -0.2) is 0 Å². The van der Waals surface area contributed by atoms with Crippen molar-refractivity contribution in [3.05, 3.63) is 0 Å². The molecule has 2 aliphatic rings. The second-order valence-corrected chi connectivity index (χ2v) is 7.45. The molecule has 0 saturated carbocycles. The van der Waals surface area contributed by atoms with Crippen LogP contribution in [0.5, 0.6) is 0 Å². The Morgan fingerprint density at radius 2 is 0.720 bits per heavy atom. The zero-order valence-corrected chi connectivity index (χ0v) is 16.3. The van der Waals surface area contributed by atoms with Crippen LogP contribution in [0.25, 0.3) is 0 Å². The Bertz CT molecular complexity index is 254. The predicted octanol–water partition coefficient (Wildman–Crippen LogP) is -0.0735. The van der Waals surface area contributed by atoms with Crippen molar-refractivity contribution in [2.24, 2.45) is 0 Å². The highest BCUT2D eigenvalue weighted by Crippen LogP contribution is 2.06. The van der Waals surface area contributed by atoms with Crippen LogP contribution < -0.4 is 21.3 Å². The first-order valence-corrected chi connectivity index (χ1v) is 10.7. The number of rotatable bonds is 8. The standard InChI is InChI=1S/C19H42N6/c1(2-4-14-24-16-10-20-6-7-21-11-17-24)3-5-15-25-18-12-22-8-9-23-13-19-25/h20-23H,1-19H2. The zero-order valence-electron chi connectivity index (χ0n) is 16.3. The Morgan fingerprint density at radius 3 is 1.08 bits per heavy atom. The van der Waals surface area contributed by atoms with E-state index in [1.165, 1.54) is 71.4 Å². The van der Waals surface area contributed by atoms with E-state index in [0.29, 0.717) is 0 Å². The first kappa shape index (κ1) is 21.1. The Morgan fingerprint density at radius 1 is 0.400 bits per heavy atom. The lowest BCUT2D eigenvalue weighted by Gasteiger charge is -2.22. The van der Waals surface area contributed by atoms with Gasteiger partial charge >= 0.3 is 0 Å². The molecule has 0 bridgehead atoms. The summed E-state index contributed by atoms with van der Waals surface area (Å²) in [4.78, 5) is 5.24. The Balaban J connectivity index is 1.44. The summed E-state index contributed by atoms with van der Waals surface area (Å²) >= 11 is 0. The molecule has 148 valence electrons. The van der Waals surface area contributed by atoms with Gasteiger partial charge in [0.1, 0.15) is 0 Å². The van der Waals surface area contributed by atoms with Crippen molar-refractivity contribution in [3.63, 3.8) is 0 Å². The molecule has 0 spiro atoms. The topological polar surface area (TPSA) is 54.6 Å². The van der Waals surface area contributed by atoms with Crippen molar-refractivity contribution >= 4 is 0 Å². The predicted molar refractivity (Wildman–Crippen MR) is 107 cm³/mol. The molecule has 0 aromatic carbocycles. The molecule has 2 heterocycles. The lowest BCUT2D eigenvalue weighted by atomic mass is 10.1. The summed E-state index contributed by atoms with van der Waals surface area (Å²) in [6.45, 7) is 16.4. The normalized spacial score (nSPS) is 23.0. The fourth-order valence-corrected chi connectivity index (χ4v) is 3.67. The van der Waals surface area contributed by atoms with Crippen LogP contribution in [0.4, 0.5) is 0 Å². The summed E-state index contributed by atoms with van der Waals surface area (Å²) in [5, 5.41) is 14.0. The van der Waals surface area contributed by atoms with Gasteiger partial charge in [-0.15, -0.1) is 0 Å². The molecule has 2 fully saturated rings. The molecule has 0 aromatic rings. The Hall–Kier alpha value is -0.240. The molecule has 0 amide bonds. The highest BCUT2D eigenvalue weighted by atomic mass is 15.2. The van der Waals surface area contributed by atoms with Gasteiger partial charge in [-0.1, -0.05) is 19.3 Å². The van der Waals surface area contributed by atoms with E-state index in [9.17, 15) is 0 Å². The number of unbranched alkanes of at least 4 members (excludes halogenated alkanes) is 4. The van der Waals surface area contributed by atoms with Crippen molar-refractivity contribution in [1.82, 2.24) is 31.1 Å². The second-order valence-electron chi connectivity index (χ2n) is 7.45. The maximum atomic E-state index is 3.50. The van der Waals surface area contributed by atoms with E-state index in [1.54, 1.807) is 0 Å². The van der Waals surface area contributed by atoms with Crippen LogP contribution in [0.1, 0.15) is 32.1 Å². The highest BCUT2D eigenvalue weighted by Gasteiger charge is 2.07. The summed E-state index contributed by atoms with van der Waals surface area (Å²) < 4.78 is 0. The van der Waals surface area contributed by atoms with Crippen LogP contribution in [-0.4, -0.2) is 101 Å². The maximum absolute atomic E-state index is 3.50. The van der Waals surface area contributed by atoms with Gasteiger partial charge in [0.25, 0.3) is 0 Å². The molecule has 4 N–H and O–H groups in total. The third-order valence-corrected chi connectivity index (χ3v) is 5.33. The highest BCUT2D eigenvalue weighted by molar-refractivity contribution is 4.67. The molecule has 0 atom stereocenters. The first-order chi connectivity index (χ1) is 12.4. The average Bonchev–Trinajstić information content (AvgIpc) is 2.84. The summed E-state index contributed by atoms with van der Waals surface area (Å²) in [6.07, 6.45) is 6.89. The van der Waals surface area contributed by atoms with Crippen LogP contribution in [-0.2, 0) is 0 Å². The molecule has 2 aliphatic heterocycles. The minimum absolute atomic E-state index is 1.11. The third kappa shape index (κ3) is 11.2. The summed E-state index contributed by atoms with van der Waals surface area (Å²) in [5.74, 6) is 0. The molecule has 2 rings (SSSR count). The minimum Gasteiger partial charge on any atom is -0.314 e. The number of nitrogens with zero attached hydrogens (tertiary/aromatic N) is 2. The van der Waals surface area contributed by atoms with Crippen molar-refractivity contribution in [1.29, 1.82) is 0 Å². The maximum Gasteiger partial charge on any atom is 0.0107 e. The van der Waals surface area contributed by atoms with E-state index >= 15 is 0 Å². The van der Waals surface area contributed by atoms with Gasteiger partial charge in [-0.05, 0) is 25.9 Å². The average molecular weight is 355 g/mol. The SMILES string of the molecule is C(CCCN1CCNCCNCC1)CCCN1CCNCCNCC1. The molecule has 2 saturated heterocycles. The van der Waals surface area contributed by atoms with Gasteiger partial charge in [0.05, 0.1) is 0 Å². The molecule has 0 aromatic heterocycles. The van der Waals surface area contributed by atoms with E-state index in [0.717, 1.165) is 52.4 Å². The molecule has 0 aliphatic carbocycles. The van der Waals surface area contributed by atoms with Crippen LogP contribution in [0.3, 0.4) is 0 Å². The van der Waals surface area contributed by atoms with E-state index in [4.69, 9.17) is 0 Å². The van der Waals surface area contributed by atoms with Crippen LogP contribution in [0.2, 0.25) is 0 Å². The minimum atomic E-state index is 1.11. The summed E-state index contributed by atoms with van der Waals surface area (Å²) in [5.41, 5.74) is 0. The third-order valence-electron chi connectivity index (χ3n) is 5.33. The molecular formula is C19H42N6. The van der Waals surface area contributed by atoms with Crippen LogP contribution in [0.15, 0.2) is 0 Å². The van der Waals surface area contributed by atoms with E-state index < -0.39 is 0 Å². The molecule has 6 heteroatoms. The van der Waals surface area contributed by atoms with E-state index in [2.05, 4.69) is 31.1 Å². The van der Waals surface area contributed by atoms with Gasteiger partial charge in [-0.3, -0.25) is 0 Å². The van der Waals surface area contributed by atoms with Gasteiger partial charge in [-0.2, -0.15) is 0 Å². The molecule has 0 unspecified atom stereocenters. The quantitative estimate of drug-likeness (QED) is 0.458. The number of hydrogen-bond acceptors (Lipinski definition) is 6. The van der Waals surface area contributed by atoms with Gasteiger partial charge in [0, 0.05) is 78.5 Å². The Kier molecular flexibility index (Phi) is 12.5. The first-order valence-electron chi connectivity index (χ1n) is 10.7. The number of hydrogen-bond donors (Lipinski definition) is 4. The van der Waals surface area contributed by atoms with Crippen molar-refractivity contribution in [2.45, 2.75) is 32.1 Å². The van der Waals surface area contributed by atoms with E-state index in [-0.39, 0.29) is 0 Å². The smallest absolute Gasteiger partial charge is 0.0107 e. The van der Waals surface area contributed by atoms with Crippen molar-refractivity contribution < 1.29 is 0 Å². The number of nitrogens with one attached hydrogen (secondary N) is 4. The summed E-state index contributed by atoms with van der Waals surface area (Å²) in [6, 6.07) is 0. The van der Waals surface area contributed by atoms with E-state index in [1.807, 2.05) is 0 Å². The van der Waals surface area contributed by atoms with Gasteiger partial charge < -0.3 is 31.1 Å². The largest absolute Gasteiger partial charge is 0.314 e. The fourth-order valence-electron chi connectivity index (χ4n) is 3.67. The second kappa shape index (κ2) is 14.9.